The number of thiophene rings is 1. The van der Waals surface area contributed by atoms with Crippen molar-refractivity contribution in [3.05, 3.63) is 28.6 Å². The molecule has 0 spiro atoms. The number of sulfonamides is 1. The quantitative estimate of drug-likeness (QED) is 0.844. The van der Waals surface area contributed by atoms with Gasteiger partial charge in [0.2, 0.25) is 10.0 Å². The number of nitrogens with one attached hydrogen (secondary N) is 1. The molecule has 0 saturated carbocycles. The first-order valence-electron chi connectivity index (χ1n) is 5.88. The zero-order chi connectivity index (χ0) is 13.9. The molecule has 2 aromatic rings. The van der Waals surface area contributed by atoms with Gasteiger partial charge in [-0.1, -0.05) is 13.0 Å². The van der Waals surface area contributed by atoms with E-state index >= 15 is 0 Å². The van der Waals surface area contributed by atoms with Crippen LogP contribution in [-0.4, -0.2) is 18.2 Å². The Balaban J connectivity index is 2.14. The monoisotopic (exact) mass is 300 g/mol. The van der Waals surface area contributed by atoms with Gasteiger partial charge in [-0.3, -0.25) is 4.68 Å². The SMILES string of the molecule is CCCn1cc(S(=O)(=O)NCc2cccs2)c(N)n1. The minimum Gasteiger partial charge on any atom is -0.381 e. The van der Waals surface area contributed by atoms with Crippen LogP contribution in [0.4, 0.5) is 5.82 Å². The molecule has 0 atom stereocenters. The normalized spacial score (nSPS) is 11.8. The highest BCUT2D eigenvalue weighted by Crippen LogP contribution is 2.17. The van der Waals surface area contributed by atoms with Crippen LogP contribution in [0.2, 0.25) is 0 Å². The van der Waals surface area contributed by atoms with E-state index in [4.69, 9.17) is 5.73 Å². The van der Waals surface area contributed by atoms with Gasteiger partial charge in [-0.2, -0.15) is 5.10 Å². The van der Waals surface area contributed by atoms with Gasteiger partial charge in [-0.25, -0.2) is 13.1 Å². The number of rotatable bonds is 6. The van der Waals surface area contributed by atoms with Crippen LogP contribution in [0.1, 0.15) is 18.2 Å². The summed E-state index contributed by atoms with van der Waals surface area (Å²) in [7, 11) is -3.62. The molecule has 8 heteroatoms. The van der Waals surface area contributed by atoms with E-state index in [1.54, 1.807) is 4.68 Å². The molecule has 0 unspecified atom stereocenters. The van der Waals surface area contributed by atoms with E-state index in [0.717, 1.165) is 11.3 Å². The lowest BCUT2D eigenvalue weighted by atomic mass is 10.5. The molecule has 2 rings (SSSR count). The maximum absolute atomic E-state index is 12.1. The third-order valence-electron chi connectivity index (χ3n) is 2.51. The van der Waals surface area contributed by atoms with E-state index in [9.17, 15) is 8.42 Å². The molecule has 0 radical (unpaired) electrons. The Morgan fingerprint density at radius 3 is 2.95 bits per heavy atom. The van der Waals surface area contributed by atoms with Crippen LogP contribution in [0, 0.1) is 0 Å². The first-order valence-corrected chi connectivity index (χ1v) is 8.24. The smallest absolute Gasteiger partial charge is 0.246 e. The van der Waals surface area contributed by atoms with Crippen LogP contribution >= 0.6 is 11.3 Å². The largest absolute Gasteiger partial charge is 0.381 e. The molecule has 0 bridgehead atoms. The minimum atomic E-state index is -3.62. The van der Waals surface area contributed by atoms with Crippen molar-refractivity contribution >= 4 is 27.2 Å². The zero-order valence-corrected chi connectivity index (χ0v) is 12.2. The van der Waals surface area contributed by atoms with Crippen molar-refractivity contribution in [1.82, 2.24) is 14.5 Å². The number of nitrogens with zero attached hydrogens (tertiary/aromatic N) is 2. The minimum absolute atomic E-state index is 0.0344. The molecule has 3 N–H and O–H groups in total. The van der Waals surface area contributed by atoms with Crippen molar-refractivity contribution in [2.75, 3.05) is 5.73 Å². The Kier molecular flexibility index (Phi) is 4.23. The van der Waals surface area contributed by atoms with Crippen LogP contribution in [0.25, 0.3) is 0 Å². The molecule has 19 heavy (non-hydrogen) atoms. The number of aryl methyl sites for hydroxylation is 1. The fourth-order valence-corrected chi connectivity index (χ4v) is 3.44. The van der Waals surface area contributed by atoms with E-state index < -0.39 is 10.0 Å². The van der Waals surface area contributed by atoms with Crippen LogP contribution in [0.3, 0.4) is 0 Å². The van der Waals surface area contributed by atoms with E-state index in [2.05, 4.69) is 9.82 Å². The van der Waals surface area contributed by atoms with Crippen LogP contribution < -0.4 is 10.5 Å². The first-order chi connectivity index (χ1) is 9.03. The lowest BCUT2D eigenvalue weighted by molar-refractivity contribution is 0.579. The molecule has 0 amide bonds. The second-order valence-corrected chi connectivity index (χ2v) is 6.81. The van der Waals surface area contributed by atoms with Gasteiger partial charge in [0.1, 0.15) is 4.90 Å². The lowest BCUT2D eigenvalue weighted by Gasteiger charge is -2.03. The summed E-state index contributed by atoms with van der Waals surface area (Å²) in [4.78, 5) is 0.987. The summed E-state index contributed by atoms with van der Waals surface area (Å²) in [5, 5.41) is 5.89. The number of hydrogen-bond acceptors (Lipinski definition) is 5. The Hall–Kier alpha value is -1.38. The fraction of sp³-hybridized carbons (Fsp3) is 0.364. The maximum Gasteiger partial charge on any atom is 0.246 e. The summed E-state index contributed by atoms with van der Waals surface area (Å²) in [5.74, 6) is 0.0344. The van der Waals surface area contributed by atoms with E-state index in [1.807, 2.05) is 24.4 Å². The zero-order valence-electron chi connectivity index (χ0n) is 10.5. The average Bonchev–Trinajstić information content (AvgIpc) is 2.97. The van der Waals surface area contributed by atoms with Gasteiger partial charge < -0.3 is 5.73 Å². The molecule has 2 aromatic heterocycles. The third-order valence-corrected chi connectivity index (χ3v) is 4.81. The van der Waals surface area contributed by atoms with Crippen LogP contribution in [0.15, 0.2) is 28.6 Å². The summed E-state index contributed by atoms with van der Waals surface area (Å²) in [5.41, 5.74) is 5.66. The summed E-state index contributed by atoms with van der Waals surface area (Å²) in [6.07, 6.45) is 2.33. The number of anilines is 1. The average molecular weight is 300 g/mol. The molecule has 0 aromatic carbocycles. The Bertz CT molecular complexity index is 632. The molecule has 104 valence electrons. The van der Waals surface area contributed by atoms with Gasteiger partial charge in [0.15, 0.2) is 5.82 Å². The summed E-state index contributed by atoms with van der Waals surface area (Å²) < 4.78 is 28.3. The predicted molar refractivity (Wildman–Crippen MR) is 75.3 cm³/mol. The maximum atomic E-state index is 12.1. The molecular weight excluding hydrogens is 284 g/mol. The topological polar surface area (TPSA) is 90.0 Å². The van der Waals surface area contributed by atoms with Gasteiger partial charge in [-0.15, -0.1) is 11.3 Å². The third kappa shape index (κ3) is 3.34. The standard InChI is InChI=1S/C11H16N4O2S2/c1-2-5-15-8-10(11(12)14-15)19(16,17)13-7-9-4-3-6-18-9/h3-4,6,8,13H,2,5,7H2,1H3,(H2,12,14). The summed E-state index contributed by atoms with van der Waals surface area (Å²) in [6, 6.07) is 3.75. The molecule has 0 aliphatic rings. The highest BCUT2D eigenvalue weighted by molar-refractivity contribution is 7.89. The van der Waals surface area contributed by atoms with Crippen molar-refractivity contribution in [2.45, 2.75) is 31.3 Å². The molecular formula is C11H16N4O2S2. The van der Waals surface area contributed by atoms with Crippen molar-refractivity contribution in [1.29, 1.82) is 0 Å². The highest BCUT2D eigenvalue weighted by Gasteiger charge is 2.20. The number of nitrogens with two attached hydrogens (primary N) is 1. The highest BCUT2D eigenvalue weighted by atomic mass is 32.2. The summed E-state index contributed by atoms with van der Waals surface area (Å²) in [6.45, 7) is 2.89. The Labute approximate surface area is 116 Å². The first kappa shape index (κ1) is 14.0. The van der Waals surface area contributed by atoms with Gasteiger partial charge in [-0.05, 0) is 17.9 Å². The van der Waals surface area contributed by atoms with Crippen molar-refractivity contribution in [3.63, 3.8) is 0 Å². The molecule has 0 aliphatic heterocycles. The number of aromatic nitrogens is 2. The number of nitrogen functional groups attached to an aromatic ring is 1. The molecule has 2 heterocycles. The van der Waals surface area contributed by atoms with Crippen LogP contribution in [0.5, 0.6) is 0 Å². The van der Waals surface area contributed by atoms with E-state index in [0.29, 0.717) is 6.54 Å². The van der Waals surface area contributed by atoms with Gasteiger partial charge in [0.05, 0.1) is 0 Å². The van der Waals surface area contributed by atoms with Gasteiger partial charge in [0, 0.05) is 24.2 Å². The number of hydrogen-bond donors (Lipinski definition) is 2. The lowest BCUT2D eigenvalue weighted by Crippen LogP contribution is -2.23. The molecule has 0 aliphatic carbocycles. The van der Waals surface area contributed by atoms with Crippen molar-refractivity contribution in [2.24, 2.45) is 0 Å². The predicted octanol–water partition coefficient (Wildman–Crippen LogP) is 1.42. The molecule has 0 saturated heterocycles. The Morgan fingerprint density at radius 2 is 2.32 bits per heavy atom. The van der Waals surface area contributed by atoms with Crippen molar-refractivity contribution < 1.29 is 8.42 Å². The second kappa shape index (κ2) is 5.72. The van der Waals surface area contributed by atoms with E-state index in [-0.39, 0.29) is 17.3 Å². The second-order valence-electron chi connectivity index (χ2n) is 4.05. The molecule has 6 nitrogen and oxygen atoms in total. The van der Waals surface area contributed by atoms with Crippen molar-refractivity contribution in [3.8, 4) is 0 Å². The molecule has 0 fully saturated rings. The van der Waals surface area contributed by atoms with Crippen LogP contribution in [-0.2, 0) is 23.1 Å². The fourth-order valence-electron chi connectivity index (χ4n) is 1.63. The van der Waals surface area contributed by atoms with Gasteiger partial charge in [0.25, 0.3) is 0 Å². The van der Waals surface area contributed by atoms with E-state index in [1.165, 1.54) is 17.5 Å². The summed E-state index contributed by atoms with van der Waals surface area (Å²) >= 11 is 1.50. The van der Waals surface area contributed by atoms with Gasteiger partial charge >= 0.3 is 0 Å². The Morgan fingerprint density at radius 1 is 1.53 bits per heavy atom.